The van der Waals surface area contributed by atoms with E-state index < -0.39 is 0 Å². The molecule has 3 N–H and O–H groups in total. The van der Waals surface area contributed by atoms with Crippen LogP contribution in [0.15, 0.2) is 24.3 Å². The number of carbonyl (C=O) groups excluding carboxylic acids is 1. The smallest absolute Gasteiger partial charge is 0.239 e. The fourth-order valence-electron chi connectivity index (χ4n) is 1.74. The molecule has 1 aliphatic heterocycles. The van der Waals surface area contributed by atoms with Crippen molar-refractivity contribution in [1.29, 1.82) is 0 Å². The second-order valence-corrected chi connectivity index (χ2v) is 3.65. The minimum atomic E-state index is 0.0828. The Kier molecular flexibility index (Phi) is 2.87. The zero-order chi connectivity index (χ0) is 10.7. The molecule has 0 bridgehead atoms. The number of nitrogens with one attached hydrogen (secondary N) is 1. The number of rotatable bonds is 2. The number of anilines is 1. The number of benzene rings is 1. The largest absolute Gasteiger partial charge is 0.360 e. The molecule has 0 aliphatic carbocycles. The van der Waals surface area contributed by atoms with Crippen LogP contribution in [0.4, 0.5) is 5.69 Å². The van der Waals surface area contributed by atoms with Crippen LogP contribution in [0.1, 0.15) is 5.56 Å². The van der Waals surface area contributed by atoms with Crippen molar-refractivity contribution in [2.75, 3.05) is 24.5 Å². The molecule has 15 heavy (non-hydrogen) atoms. The van der Waals surface area contributed by atoms with Crippen LogP contribution >= 0.6 is 0 Å². The Labute approximate surface area is 89.1 Å². The monoisotopic (exact) mass is 205 g/mol. The molecule has 0 radical (unpaired) electrons. The number of carbonyl (C=O) groups is 1. The third-order valence-corrected chi connectivity index (χ3v) is 2.55. The first kappa shape index (κ1) is 9.98. The van der Waals surface area contributed by atoms with Gasteiger partial charge in [-0.3, -0.25) is 4.79 Å². The highest BCUT2D eigenvalue weighted by Crippen LogP contribution is 2.16. The first-order valence-corrected chi connectivity index (χ1v) is 5.10. The summed E-state index contributed by atoms with van der Waals surface area (Å²) in [6, 6.07) is 8.02. The topological polar surface area (TPSA) is 58.4 Å². The molecule has 0 saturated carbocycles. The van der Waals surface area contributed by atoms with Crippen molar-refractivity contribution in [3.63, 3.8) is 0 Å². The number of piperazine rings is 1. The molecule has 0 unspecified atom stereocenters. The van der Waals surface area contributed by atoms with Crippen molar-refractivity contribution in [3.05, 3.63) is 29.8 Å². The number of nitrogens with two attached hydrogens (primary N) is 1. The van der Waals surface area contributed by atoms with Crippen molar-refractivity contribution < 1.29 is 4.79 Å². The second-order valence-electron chi connectivity index (χ2n) is 3.65. The van der Waals surface area contributed by atoms with Gasteiger partial charge in [-0.1, -0.05) is 12.1 Å². The minimum absolute atomic E-state index is 0.0828. The fourth-order valence-corrected chi connectivity index (χ4v) is 1.74. The van der Waals surface area contributed by atoms with Crippen LogP contribution in [0.3, 0.4) is 0 Å². The summed E-state index contributed by atoms with van der Waals surface area (Å²) in [6.45, 7) is 2.55. The maximum Gasteiger partial charge on any atom is 0.239 e. The van der Waals surface area contributed by atoms with E-state index in [1.165, 1.54) is 0 Å². The summed E-state index contributed by atoms with van der Waals surface area (Å²) in [4.78, 5) is 13.3. The van der Waals surface area contributed by atoms with Gasteiger partial charge in [0, 0.05) is 25.3 Å². The predicted molar refractivity (Wildman–Crippen MR) is 59.6 cm³/mol. The molecule has 1 fully saturated rings. The van der Waals surface area contributed by atoms with Crippen LogP contribution in [-0.2, 0) is 11.3 Å². The van der Waals surface area contributed by atoms with Gasteiger partial charge in [-0.05, 0) is 17.7 Å². The van der Waals surface area contributed by atoms with Crippen molar-refractivity contribution in [3.8, 4) is 0 Å². The van der Waals surface area contributed by atoms with Crippen molar-refractivity contribution >= 4 is 11.6 Å². The predicted octanol–water partition coefficient (Wildman–Crippen LogP) is 0.0815. The highest BCUT2D eigenvalue weighted by atomic mass is 16.2. The van der Waals surface area contributed by atoms with Gasteiger partial charge in [0.15, 0.2) is 0 Å². The standard InChI is InChI=1S/C11H15N3O/c12-7-9-2-1-3-10(6-9)14-5-4-13-11(15)8-14/h1-3,6H,4-5,7-8,12H2,(H,13,15). The lowest BCUT2D eigenvalue weighted by Gasteiger charge is -2.28. The fraction of sp³-hybridized carbons (Fsp3) is 0.364. The maximum atomic E-state index is 11.2. The Hall–Kier alpha value is -1.55. The Bertz CT molecular complexity index is 365. The Morgan fingerprint density at radius 3 is 3.07 bits per heavy atom. The van der Waals surface area contributed by atoms with E-state index in [1.54, 1.807) is 0 Å². The maximum absolute atomic E-state index is 11.2. The van der Waals surface area contributed by atoms with Crippen LogP contribution in [0.25, 0.3) is 0 Å². The van der Waals surface area contributed by atoms with Gasteiger partial charge in [0.2, 0.25) is 5.91 Å². The van der Waals surface area contributed by atoms with Gasteiger partial charge in [-0.25, -0.2) is 0 Å². The molecule has 1 aromatic rings. The molecule has 80 valence electrons. The Morgan fingerprint density at radius 1 is 1.47 bits per heavy atom. The second kappa shape index (κ2) is 4.31. The number of nitrogens with zero attached hydrogens (tertiary/aromatic N) is 1. The van der Waals surface area contributed by atoms with E-state index in [0.29, 0.717) is 19.6 Å². The molecule has 2 rings (SSSR count). The first-order valence-electron chi connectivity index (χ1n) is 5.10. The van der Waals surface area contributed by atoms with E-state index >= 15 is 0 Å². The molecule has 0 spiro atoms. The molecule has 1 heterocycles. The van der Waals surface area contributed by atoms with E-state index in [1.807, 2.05) is 24.3 Å². The molecule has 1 saturated heterocycles. The molecule has 1 aliphatic rings. The molecular formula is C11H15N3O. The summed E-state index contributed by atoms with van der Waals surface area (Å²) in [6.07, 6.45) is 0. The molecule has 1 amide bonds. The van der Waals surface area contributed by atoms with Gasteiger partial charge >= 0.3 is 0 Å². The highest BCUT2D eigenvalue weighted by Gasteiger charge is 2.16. The molecule has 4 nitrogen and oxygen atoms in total. The van der Waals surface area contributed by atoms with Crippen molar-refractivity contribution in [1.82, 2.24) is 5.32 Å². The van der Waals surface area contributed by atoms with Crippen molar-refractivity contribution in [2.24, 2.45) is 5.73 Å². The van der Waals surface area contributed by atoms with Gasteiger partial charge in [-0.2, -0.15) is 0 Å². The lowest BCUT2D eigenvalue weighted by Crippen LogP contribution is -2.47. The van der Waals surface area contributed by atoms with E-state index in [2.05, 4.69) is 10.2 Å². The zero-order valence-electron chi connectivity index (χ0n) is 8.57. The quantitative estimate of drug-likeness (QED) is 0.719. The normalized spacial score (nSPS) is 16.3. The van der Waals surface area contributed by atoms with Crippen molar-refractivity contribution in [2.45, 2.75) is 6.54 Å². The van der Waals surface area contributed by atoms with Crippen LogP contribution < -0.4 is 16.0 Å². The van der Waals surface area contributed by atoms with Gasteiger partial charge in [-0.15, -0.1) is 0 Å². The van der Waals surface area contributed by atoms with Gasteiger partial charge < -0.3 is 16.0 Å². The number of hydrogen-bond donors (Lipinski definition) is 2. The molecular weight excluding hydrogens is 190 g/mol. The molecule has 0 aromatic heterocycles. The van der Waals surface area contributed by atoms with Crippen LogP contribution in [0.2, 0.25) is 0 Å². The third-order valence-electron chi connectivity index (χ3n) is 2.55. The summed E-state index contributed by atoms with van der Waals surface area (Å²) in [5, 5.41) is 2.81. The molecule has 0 atom stereocenters. The lowest BCUT2D eigenvalue weighted by molar-refractivity contribution is -0.120. The van der Waals surface area contributed by atoms with Gasteiger partial charge in [0.25, 0.3) is 0 Å². The van der Waals surface area contributed by atoms with Crippen LogP contribution in [0.5, 0.6) is 0 Å². The Morgan fingerprint density at radius 2 is 2.33 bits per heavy atom. The summed E-state index contributed by atoms with van der Waals surface area (Å²) in [5.74, 6) is 0.0828. The van der Waals surface area contributed by atoms with Gasteiger partial charge in [0.05, 0.1) is 6.54 Å². The SMILES string of the molecule is NCc1cccc(N2CCNC(=O)C2)c1. The lowest BCUT2D eigenvalue weighted by atomic mass is 10.2. The summed E-state index contributed by atoms with van der Waals surface area (Å²) in [7, 11) is 0. The third kappa shape index (κ3) is 2.27. The summed E-state index contributed by atoms with van der Waals surface area (Å²) < 4.78 is 0. The summed E-state index contributed by atoms with van der Waals surface area (Å²) >= 11 is 0. The van der Waals surface area contributed by atoms with Gasteiger partial charge in [0.1, 0.15) is 0 Å². The summed E-state index contributed by atoms with van der Waals surface area (Å²) in [5.41, 5.74) is 7.75. The van der Waals surface area contributed by atoms with E-state index in [9.17, 15) is 4.79 Å². The van der Waals surface area contributed by atoms with E-state index in [-0.39, 0.29) is 5.91 Å². The van der Waals surface area contributed by atoms with Crippen LogP contribution in [0, 0.1) is 0 Å². The molecule has 4 heteroatoms. The average molecular weight is 205 g/mol. The van der Waals surface area contributed by atoms with E-state index in [4.69, 9.17) is 5.73 Å². The highest BCUT2D eigenvalue weighted by molar-refractivity contribution is 5.82. The first-order chi connectivity index (χ1) is 7.29. The average Bonchev–Trinajstić information content (AvgIpc) is 2.29. The van der Waals surface area contributed by atoms with E-state index in [0.717, 1.165) is 17.8 Å². The van der Waals surface area contributed by atoms with Crippen LogP contribution in [-0.4, -0.2) is 25.5 Å². The Balaban J connectivity index is 2.17. The number of amides is 1. The minimum Gasteiger partial charge on any atom is -0.360 e. The number of hydrogen-bond acceptors (Lipinski definition) is 3. The zero-order valence-corrected chi connectivity index (χ0v) is 8.57. The molecule has 1 aromatic carbocycles.